The van der Waals surface area contributed by atoms with Crippen LogP contribution in [-0.4, -0.2) is 98.3 Å². The van der Waals surface area contributed by atoms with E-state index >= 15 is 0 Å². The predicted molar refractivity (Wildman–Crippen MR) is 203 cm³/mol. The maximum Gasteiger partial charge on any atom is 0.229 e. The molecule has 3 aliphatic rings. The summed E-state index contributed by atoms with van der Waals surface area (Å²) in [6, 6.07) is 10.4. The molecule has 1 aliphatic carbocycles. The summed E-state index contributed by atoms with van der Waals surface area (Å²) >= 11 is 6.59. The molecule has 2 saturated heterocycles. The molecule has 0 unspecified atom stereocenters. The van der Waals surface area contributed by atoms with Crippen LogP contribution in [0.3, 0.4) is 0 Å². The number of ether oxygens (including phenoxy) is 1. The van der Waals surface area contributed by atoms with E-state index in [0.29, 0.717) is 51.6 Å². The number of anilines is 5. The van der Waals surface area contributed by atoms with Crippen LogP contribution in [0.5, 0.6) is 5.75 Å². The third-order valence-corrected chi connectivity index (χ3v) is 11.6. The summed E-state index contributed by atoms with van der Waals surface area (Å²) in [6.45, 7) is 12.2. The van der Waals surface area contributed by atoms with Crippen LogP contribution in [0.25, 0.3) is 5.57 Å². The van der Waals surface area contributed by atoms with Crippen LogP contribution in [0, 0.1) is 0 Å². The van der Waals surface area contributed by atoms with Crippen molar-refractivity contribution in [2.24, 2.45) is 0 Å². The lowest BCUT2D eigenvalue weighted by Gasteiger charge is -2.43. The number of aryl methyl sites for hydroxylation is 1. The molecule has 49 heavy (non-hydrogen) atoms. The second-order valence-electron chi connectivity index (χ2n) is 13.5. The van der Waals surface area contributed by atoms with Crippen molar-refractivity contribution in [2.45, 2.75) is 38.6 Å². The number of benzene rings is 2. The molecule has 0 amide bonds. The number of aromatic nitrogens is 2. The summed E-state index contributed by atoms with van der Waals surface area (Å²) in [5.74, 6) is 1.45. The molecule has 2 N–H and O–H groups in total. The van der Waals surface area contributed by atoms with Gasteiger partial charge in [0.15, 0.2) is 11.6 Å². The fraction of sp³-hybridized carbons (Fsp3) is 0.432. The Morgan fingerprint density at radius 3 is 2.45 bits per heavy atom. The molecule has 3 heterocycles. The normalized spacial score (nSPS) is 18.0. The molecule has 0 saturated carbocycles. The molecule has 2 aliphatic heterocycles. The fourth-order valence-corrected chi connectivity index (χ4v) is 8.23. The van der Waals surface area contributed by atoms with Crippen LogP contribution in [0.4, 0.5) is 28.8 Å². The maximum absolute atomic E-state index is 13.5. The lowest BCUT2D eigenvalue weighted by molar-refractivity contribution is -0.113. The van der Waals surface area contributed by atoms with Gasteiger partial charge in [0.05, 0.1) is 24.7 Å². The van der Waals surface area contributed by atoms with Crippen LogP contribution in [-0.2, 0) is 15.8 Å². The molecule has 3 aromatic rings. The first-order chi connectivity index (χ1) is 23.5. The van der Waals surface area contributed by atoms with Gasteiger partial charge in [0.2, 0.25) is 5.95 Å². The first-order valence-electron chi connectivity index (χ1n) is 17.1. The highest BCUT2D eigenvalue weighted by atomic mass is 35.5. The Kier molecular flexibility index (Phi) is 10.8. The highest BCUT2D eigenvalue weighted by Crippen LogP contribution is 2.41. The van der Waals surface area contributed by atoms with E-state index in [0.717, 1.165) is 69.8 Å². The molecule has 0 spiro atoms. The molecule has 260 valence electrons. The monoisotopic (exact) mass is 703 g/mol. The minimum absolute atomic E-state index is 0.0335. The number of nitrogens with one attached hydrogen (secondary N) is 2. The van der Waals surface area contributed by atoms with Crippen molar-refractivity contribution in [3.05, 3.63) is 70.9 Å². The molecule has 0 bridgehead atoms. The van der Waals surface area contributed by atoms with Crippen molar-refractivity contribution in [2.75, 3.05) is 82.3 Å². The van der Waals surface area contributed by atoms with Gasteiger partial charge >= 0.3 is 0 Å². The molecule has 0 atom stereocenters. The number of hydrogen-bond donors (Lipinski definition) is 2. The van der Waals surface area contributed by atoms with Gasteiger partial charge in [-0.25, -0.2) is 4.98 Å². The Morgan fingerprint density at radius 2 is 1.78 bits per heavy atom. The van der Waals surface area contributed by atoms with Gasteiger partial charge in [-0.1, -0.05) is 42.8 Å². The number of likely N-dealkylation sites (N-methyl/N-ethyl adjacent to an activating group) is 1. The number of halogens is 1. The third kappa shape index (κ3) is 8.04. The summed E-state index contributed by atoms with van der Waals surface area (Å²) in [6.07, 6.45) is 10.6. The van der Waals surface area contributed by atoms with Crippen molar-refractivity contribution >= 4 is 64.2 Å². The SMILES string of the molecule is CCc1cc(Nc2ncc(Cl)c(Nc3ccc(C4=CC=CCC4=O)cc3P(C)(C)=O)n2)c(OC)cc1N1CCC(N2CCN(C)CC2)CC1. The number of piperazine rings is 1. The second kappa shape index (κ2) is 15.1. The Hall–Kier alpha value is -3.69. The fourth-order valence-electron chi connectivity index (χ4n) is 6.93. The van der Waals surface area contributed by atoms with Crippen LogP contribution >= 0.6 is 18.7 Å². The lowest BCUT2D eigenvalue weighted by atomic mass is 9.96. The minimum atomic E-state index is -2.77. The van der Waals surface area contributed by atoms with Crippen molar-refractivity contribution in [1.82, 2.24) is 19.8 Å². The Morgan fingerprint density at radius 1 is 1.02 bits per heavy atom. The Balaban J connectivity index is 1.21. The lowest BCUT2D eigenvalue weighted by Crippen LogP contribution is -2.52. The number of carbonyl (C=O) groups is 1. The first kappa shape index (κ1) is 35.1. The van der Waals surface area contributed by atoms with Crippen molar-refractivity contribution < 1.29 is 14.1 Å². The largest absolute Gasteiger partial charge is 0.494 e. The first-order valence-corrected chi connectivity index (χ1v) is 20.1. The van der Waals surface area contributed by atoms with Crippen LogP contribution in [0.2, 0.25) is 5.02 Å². The number of methoxy groups -OCH3 is 1. The maximum atomic E-state index is 13.5. The average Bonchev–Trinajstić information content (AvgIpc) is 3.10. The van der Waals surface area contributed by atoms with E-state index in [1.165, 1.54) is 17.4 Å². The molecular formula is C37H47ClN7O3P. The summed E-state index contributed by atoms with van der Waals surface area (Å²) in [5.41, 5.74) is 5.15. The van der Waals surface area contributed by atoms with E-state index in [1.807, 2.05) is 30.4 Å². The second-order valence-corrected chi connectivity index (χ2v) is 17.0. The molecule has 0 radical (unpaired) electrons. The molecule has 1 aromatic heterocycles. The standard InChI is InChI=1S/C37H47ClN7O3P/c1-6-25-21-31(34(48-3)23-32(25)45-15-13-27(14-16-45)44-19-17-43(2)18-20-44)41-37-39-24-29(38)36(42-37)40-30-12-11-26(22-35(30)49(4,5)47)28-9-7-8-10-33(28)46/h7-9,11-12,21-24,27H,6,10,13-20H2,1-5H3,(H2,39,40,41,42). The molecular weight excluding hydrogens is 657 g/mol. The van der Waals surface area contributed by atoms with Gasteiger partial charge in [0, 0.05) is 74.4 Å². The molecule has 6 rings (SSSR count). The molecule has 10 nitrogen and oxygen atoms in total. The van der Waals surface area contributed by atoms with Crippen molar-refractivity contribution in [3.63, 3.8) is 0 Å². The quantitative estimate of drug-likeness (QED) is 0.226. The molecule has 2 aromatic carbocycles. The summed E-state index contributed by atoms with van der Waals surface area (Å²) in [4.78, 5) is 29.3. The highest BCUT2D eigenvalue weighted by Gasteiger charge is 2.28. The smallest absolute Gasteiger partial charge is 0.229 e. The number of piperidine rings is 1. The van der Waals surface area contributed by atoms with E-state index in [4.69, 9.17) is 21.3 Å². The van der Waals surface area contributed by atoms with E-state index in [2.05, 4.69) is 56.4 Å². The summed E-state index contributed by atoms with van der Waals surface area (Å²) < 4.78 is 19.3. The Labute approximate surface area is 294 Å². The van der Waals surface area contributed by atoms with Crippen LogP contribution in [0.15, 0.2) is 54.8 Å². The van der Waals surface area contributed by atoms with Gasteiger partial charge < -0.3 is 29.7 Å². The number of nitrogens with zero attached hydrogens (tertiary/aromatic N) is 5. The van der Waals surface area contributed by atoms with Gasteiger partial charge in [-0.3, -0.25) is 9.69 Å². The zero-order valence-corrected chi connectivity index (χ0v) is 30.8. The van der Waals surface area contributed by atoms with Gasteiger partial charge in [0.1, 0.15) is 17.9 Å². The predicted octanol–water partition coefficient (Wildman–Crippen LogP) is 6.56. The average molecular weight is 704 g/mol. The Bertz CT molecular complexity index is 1810. The molecule has 12 heteroatoms. The summed E-state index contributed by atoms with van der Waals surface area (Å²) in [7, 11) is 1.12. The van der Waals surface area contributed by atoms with Crippen molar-refractivity contribution in [1.29, 1.82) is 0 Å². The van der Waals surface area contributed by atoms with Crippen LogP contribution in [0.1, 0.15) is 37.3 Å². The van der Waals surface area contributed by atoms with E-state index < -0.39 is 7.14 Å². The van der Waals surface area contributed by atoms with E-state index in [1.54, 1.807) is 26.5 Å². The zero-order chi connectivity index (χ0) is 34.7. The topological polar surface area (TPSA) is 103 Å². The van der Waals surface area contributed by atoms with Crippen LogP contribution < -0.4 is 25.6 Å². The van der Waals surface area contributed by atoms with Gasteiger partial charge in [0.25, 0.3) is 0 Å². The third-order valence-electron chi connectivity index (χ3n) is 9.78. The molecule has 2 fully saturated rings. The minimum Gasteiger partial charge on any atom is -0.494 e. The number of carbonyl (C=O) groups excluding carboxylic acids is 1. The number of hydrogen-bond acceptors (Lipinski definition) is 10. The van der Waals surface area contributed by atoms with E-state index in [9.17, 15) is 9.36 Å². The number of allylic oxidation sites excluding steroid dienone is 4. The number of ketones is 1. The zero-order valence-electron chi connectivity index (χ0n) is 29.1. The van der Waals surface area contributed by atoms with E-state index in [-0.39, 0.29) is 5.78 Å². The number of rotatable bonds is 10. The highest BCUT2D eigenvalue weighted by molar-refractivity contribution is 7.70. The van der Waals surface area contributed by atoms with Gasteiger partial charge in [-0.15, -0.1) is 0 Å². The van der Waals surface area contributed by atoms with Gasteiger partial charge in [-0.2, -0.15) is 4.98 Å². The summed E-state index contributed by atoms with van der Waals surface area (Å²) in [5, 5.41) is 7.57. The van der Waals surface area contributed by atoms with Crippen molar-refractivity contribution in [3.8, 4) is 5.75 Å². The van der Waals surface area contributed by atoms with Gasteiger partial charge in [-0.05, 0) is 69.0 Å². The number of Topliss-reactive ketones (excluding diaryl/α,β-unsaturated/α-hetero) is 1.